The van der Waals surface area contributed by atoms with Crippen LogP contribution in [0.4, 0.5) is 10.1 Å². The smallest absolute Gasteiger partial charge is 0.254 e. The molecule has 1 aliphatic carbocycles. The molecule has 3 nitrogen and oxygen atoms in total. The van der Waals surface area contributed by atoms with Gasteiger partial charge in [-0.25, -0.2) is 4.39 Å². The van der Waals surface area contributed by atoms with Crippen LogP contribution in [-0.2, 0) is 6.42 Å². The molecule has 4 heteroatoms. The molecule has 3 rings (SSSR count). The van der Waals surface area contributed by atoms with Gasteiger partial charge in [-0.05, 0) is 42.2 Å². The minimum absolute atomic E-state index is 0.0400. The first-order valence-corrected chi connectivity index (χ1v) is 6.97. The van der Waals surface area contributed by atoms with Crippen LogP contribution in [-0.4, -0.2) is 17.9 Å². The number of fused-ring (bicyclic) bond motifs is 1. The number of nitrogen functional groups attached to an aromatic ring is 1. The summed E-state index contributed by atoms with van der Waals surface area (Å²) in [6, 6.07) is 12.1. The third-order valence-corrected chi connectivity index (χ3v) is 4.06. The highest BCUT2D eigenvalue weighted by molar-refractivity contribution is 5.95. The largest absolute Gasteiger partial charge is 0.399 e. The van der Waals surface area contributed by atoms with E-state index < -0.39 is 5.82 Å². The average molecular weight is 284 g/mol. The maximum atomic E-state index is 13.4. The number of halogens is 1. The summed E-state index contributed by atoms with van der Waals surface area (Å²) < 4.78 is 13.4. The van der Waals surface area contributed by atoms with Crippen LogP contribution >= 0.6 is 0 Å². The van der Waals surface area contributed by atoms with Crippen LogP contribution in [0, 0.1) is 5.82 Å². The van der Waals surface area contributed by atoms with E-state index in [0.717, 1.165) is 12.8 Å². The Balaban J connectivity index is 1.89. The van der Waals surface area contributed by atoms with Crippen molar-refractivity contribution in [3.8, 4) is 0 Å². The quantitative estimate of drug-likeness (QED) is 0.861. The summed E-state index contributed by atoms with van der Waals surface area (Å²) in [4.78, 5) is 14.2. The number of hydrogen-bond donors (Lipinski definition) is 1. The van der Waals surface area contributed by atoms with Crippen LogP contribution in [0.25, 0.3) is 0 Å². The molecule has 2 N–H and O–H groups in total. The summed E-state index contributed by atoms with van der Waals surface area (Å²) >= 11 is 0. The minimum atomic E-state index is -0.487. The zero-order valence-electron chi connectivity index (χ0n) is 11.8. The number of nitrogens with zero attached hydrogens (tertiary/aromatic N) is 1. The molecule has 0 fully saturated rings. The van der Waals surface area contributed by atoms with Crippen LogP contribution in [0.5, 0.6) is 0 Å². The highest BCUT2D eigenvalue weighted by Gasteiger charge is 2.29. The molecule has 1 atom stereocenters. The second-order valence-electron chi connectivity index (χ2n) is 5.44. The molecule has 21 heavy (non-hydrogen) atoms. The van der Waals surface area contributed by atoms with Crippen molar-refractivity contribution in [1.82, 2.24) is 4.90 Å². The summed E-state index contributed by atoms with van der Waals surface area (Å²) in [7, 11) is 1.76. The van der Waals surface area contributed by atoms with E-state index in [0.29, 0.717) is 5.56 Å². The SMILES string of the molecule is CN(C(=O)c1cc(N)cc(F)c1)C1CCc2ccccc21. The molecule has 0 aliphatic heterocycles. The lowest BCUT2D eigenvalue weighted by atomic mass is 10.1. The van der Waals surface area contributed by atoms with E-state index in [9.17, 15) is 9.18 Å². The van der Waals surface area contributed by atoms with Crippen LogP contribution in [0.1, 0.15) is 33.9 Å². The van der Waals surface area contributed by atoms with Gasteiger partial charge in [-0.1, -0.05) is 24.3 Å². The van der Waals surface area contributed by atoms with Crippen molar-refractivity contribution in [2.24, 2.45) is 0 Å². The summed E-state index contributed by atoms with van der Waals surface area (Å²) in [6.07, 6.45) is 1.86. The van der Waals surface area contributed by atoms with Gasteiger partial charge in [-0.3, -0.25) is 4.79 Å². The first-order valence-electron chi connectivity index (χ1n) is 6.97. The molecule has 2 aromatic carbocycles. The van der Waals surface area contributed by atoms with Crippen molar-refractivity contribution < 1.29 is 9.18 Å². The second kappa shape index (κ2) is 5.20. The topological polar surface area (TPSA) is 46.3 Å². The van der Waals surface area contributed by atoms with Gasteiger partial charge in [-0.2, -0.15) is 0 Å². The minimum Gasteiger partial charge on any atom is -0.399 e. The van der Waals surface area contributed by atoms with E-state index in [1.807, 2.05) is 12.1 Å². The lowest BCUT2D eigenvalue weighted by Crippen LogP contribution is -2.30. The maximum absolute atomic E-state index is 13.4. The van der Waals surface area contributed by atoms with Gasteiger partial charge in [-0.15, -0.1) is 0 Å². The number of carbonyl (C=O) groups excluding carboxylic acids is 1. The fraction of sp³-hybridized carbons (Fsp3) is 0.235. The molecule has 1 amide bonds. The van der Waals surface area contributed by atoms with Crippen LogP contribution in [0.2, 0.25) is 0 Å². The maximum Gasteiger partial charge on any atom is 0.254 e. The number of benzene rings is 2. The second-order valence-corrected chi connectivity index (χ2v) is 5.44. The van der Waals surface area contributed by atoms with E-state index >= 15 is 0 Å². The van der Waals surface area contributed by atoms with Crippen molar-refractivity contribution in [1.29, 1.82) is 0 Å². The summed E-state index contributed by atoms with van der Waals surface area (Å²) in [6.45, 7) is 0. The number of nitrogens with two attached hydrogens (primary N) is 1. The molecular formula is C17H17FN2O. The van der Waals surface area contributed by atoms with E-state index in [1.54, 1.807) is 11.9 Å². The third-order valence-electron chi connectivity index (χ3n) is 4.06. The Hall–Kier alpha value is -2.36. The van der Waals surface area contributed by atoms with Gasteiger partial charge in [0.05, 0.1) is 6.04 Å². The predicted octanol–water partition coefficient (Wildman–Crippen LogP) is 3.17. The zero-order chi connectivity index (χ0) is 15.0. The van der Waals surface area contributed by atoms with Gasteiger partial charge < -0.3 is 10.6 Å². The van der Waals surface area contributed by atoms with Crippen LogP contribution in [0.15, 0.2) is 42.5 Å². The Labute approximate surface area is 123 Å². The van der Waals surface area contributed by atoms with Crippen molar-refractivity contribution in [3.05, 3.63) is 65.0 Å². The van der Waals surface area contributed by atoms with Gasteiger partial charge in [0.2, 0.25) is 0 Å². The first-order chi connectivity index (χ1) is 10.1. The van der Waals surface area contributed by atoms with E-state index in [-0.39, 0.29) is 17.6 Å². The number of amides is 1. The summed E-state index contributed by atoms with van der Waals surface area (Å²) in [5.41, 5.74) is 8.63. The van der Waals surface area contributed by atoms with E-state index in [1.165, 1.54) is 29.3 Å². The third kappa shape index (κ3) is 2.49. The molecule has 0 bridgehead atoms. The highest BCUT2D eigenvalue weighted by atomic mass is 19.1. The van der Waals surface area contributed by atoms with Gasteiger partial charge in [0, 0.05) is 18.3 Å². The summed E-state index contributed by atoms with van der Waals surface area (Å²) in [5.74, 6) is -0.693. The lowest BCUT2D eigenvalue weighted by Gasteiger charge is -2.25. The van der Waals surface area contributed by atoms with Gasteiger partial charge in [0.25, 0.3) is 5.91 Å². The molecule has 0 aromatic heterocycles. The van der Waals surface area contributed by atoms with Crippen molar-refractivity contribution in [2.45, 2.75) is 18.9 Å². The number of carbonyl (C=O) groups is 1. The van der Waals surface area contributed by atoms with Gasteiger partial charge in [0.1, 0.15) is 5.82 Å². The van der Waals surface area contributed by atoms with Crippen molar-refractivity contribution in [3.63, 3.8) is 0 Å². The Morgan fingerprint density at radius 3 is 2.81 bits per heavy atom. The summed E-state index contributed by atoms with van der Waals surface area (Å²) in [5, 5.41) is 0. The Bertz CT molecular complexity index is 679. The standard InChI is InChI=1S/C17H17FN2O/c1-20(16-7-6-11-4-2-3-5-15(11)16)17(21)12-8-13(18)10-14(19)9-12/h2-5,8-10,16H,6-7,19H2,1H3. The Kier molecular flexibility index (Phi) is 3.37. The van der Waals surface area contributed by atoms with Gasteiger partial charge in [0.15, 0.2) is 0 Å². The molecule has 0 saturated heterocycles. The molecule has 0 saturated carbocycles. The molecule has 1 aliphatic rings. The number of hydrogen-bond acceptors (Lipinski definition) is 2. The number of rotatable bonds is 2. The van der Waals surface area contributed by atoms with Gasteiger partial charge >= 0.3 is 0 Å². The molecule has 0 spiro atoms. The monoisotopic (exact) mass is 284 g/mol. The molecule has 1 unspecified atom stereocenters. The average Bonchev–Trinajstić information content (AvgIpc) is 2.88. The van der Waals surface area contributed by atoms with Crippen LogP contribution in [0.3, 0.4) is 0 Å². The predicted molar refractivity (Wildman–Crippen MR) is 80.4 cm³/mol. The fourth-order valence-corrected chi connectivity index (χ4v) is 3.02. The molecule has 0 radical (unpaired) electrons. The van der Waals surface area contributed by atoms with E-state index in [4.69, 9.17) is 5.73 Å². The Morgan fingerprint density at radius 1 is 1.29 bits per heavy atom. The van der Waals surface area contributed by atoms with Crippen molar-refractivity contribution >= 4 is 11.6 Å². The lowest BCUT2D eigenvalue weighted by molar-refractivity contribution is 0.0730. The molecular weight excluding hydrogens is 267 g/mol. The first kappa shape index (κ1) is 13.6. The molecule has 2 aromatic rings. The number of anilines is 1. The molecule has 108 valence electrons. The van der Waals surface area contributed by atoms with E-state index in [2.05, 4.69) is 12.1 Å². The molecule has 0 heterocycles. The zero-order valence-corrected chi connectivity index (χ0v) is 11.8. The normalized spacial score (nSPS) is 16.6. The van der Waals surface area contributed by atoms with Crippen LogP contribution < -0.4 is 5.73 Å². The highest BCUT2D eigenvalue weighted by Crippen LogP contribution is 2.35. The van der Waals surface area contributed by atoms with Crippen molar-refractivity contribution in [2.75, 3.05) is 12.8 Å². The Morgan fingerprint density at radius 2 is 2.05 bits per heavy atom. The number of aryl methyl sites for hydroxylation is 1. The fourth-order valence-electron chi connectivity index (χ4n) is 3.02.